The third-order valence-electron chi connectivity index (χ3n) is 20.8. The highest BCUT2D eigenvalue weighted by molar-refractivity contribution is 9.11. The van der Waals surface area contributed by atoms with Gasteiger partial charge in [-0.25, -0.2) is 19.2 Å². The summed E-state index contributed by atoms with van der Waals surface area (Å²) in [6.45, 7) is 10.2. The van der Waals surface area contributed by atoms with E-state index >= 15 is 0 Å². The normalized spacial score (nSPS) is 11.7. The van der Waals surface area contributed by atoms with Gasteiger partial charge in [0.1, 0.15) is 0 Å². The minimum atomic E-state index is -0.492. The largest absolute Gasteiger partial charge is 0.462 e. The predicted octanol–water partition coefficient (Wildman–Crippen LogP) is 29.8. The summed E-state index contributed by atoms with van der Waals surface area (Å²) in [5.41, 5.74) is 1.17. The van der Waals surface area contributed by atoms with E-state index in [2.05, 4.69) is 59.6 Å². The van der Waals surface area contributed by atoms with Crippen molar-refractivity contribution in [3.8, 4) is 0 Å². The third-order valence-corrected chi connectivity index (χ3v) is 22.1. The van der Waals surface area contributed by atoms with E-state index < -0.39 is 23.9 Å². The number of unbranched alkanes of at least 4 members (excludes halogenated alkanes) is 52. The average Bonchev–Trinajstić information content (AvgIpc) is 0.695. The molecule has 552 valence electrons. The zero-order valence-corrected chi connectivity index (χ0v) is 66.1. The Balaban J connectivity index is 1.36. The Hall–Kier alpha value is -3.76. The maximum atomic E-state index is 14.7. The van der Waals surface area contributed by atoms with Crippen LogP contribution in [0.3, 0.4) is 0 Å². The number of esters is 4. The molecule has 5 rings (SSSR count). The lowest BCUT2D eigenvalue weighted by Crippen LogP contribution is -2.13. The van der Waals surface area contributed by atoms with E-state index in [4.69, 9.17) is 18.9 Å². The summed E-state index contributed by atoms with van der Waals surface area (Å²) in [5.74, 6) is -1.95. The minimum absolute atomic E-state index is 0.278. The molecule has 0 radical (unpaired) electrons. The Morgan fingerprint density at radius 1 is 0.224 bits per heavy atom. The van der Waals surface area contributed by atoms with Crippen molar-refractivity contribution in [2.24, 2.45) is 0 Å². The Labute approximate surface area is 614 Å². The molecule has 0 bridgehead atoms. The van der Waals surface area contributed by atoms with E-state index in [0.29, 0.717) is 41.6 Å². The lowest BCUT2D eigenvalue weighted by molar-refractivity contribution is 0.0483. The van der Waals surface area contributed by atoms with Crippen LogP contribution in [-0.2, 0) is 18.9 Å². The standard InChI is InChI=1S/C88H138Br2O8/c1-5-9-13-17-21-25-29-33-37-41-45-49-53-57-65-95-85(91)73-63-61-71-82-78(90)70-76(88(94)98-68-60-56-52-48-44-40-36-32-28-24-20-16-12-8-4)80-74(86(92)96-66-58-54-50-46-42-38-34-30-26-22-18-14-10-6-2)64-62-72(84(80)82)81-77(89)69-75(79(73)83(71)81)87(93)97-67-59-55-51-47-43-39-35-31-27-23-19-15-11-7-3/h61-64,69-70H,5-60,65-68H2,1-4H3. The Morgan fingerprint density at radius 2 is 0.398 bits per heavy atom. The highest BCUT2D eigenvalue weighted by atomic mass is 79.9. The monoisotopic (exact) mass is 1480 g/mol. The van der Waals surface area contributed by atoms with Crippen molar-refractivity contribution in [2.75, 3.05) is 26.4 Å². The fraction of sp³-hybridized carbons (Fsp3) is 0.727. The van der Waals surface area contributed by atoms with E-state index in [1.54, 1.807) is 24.3 Å². The molecule has 0 fully saturated rings. The second-order valence-corrected chi connectivity index (χ2v) is 31.0. The van der Waals surface area contributed by atoms with E-state index in [-0.39, 0.29) is 37.6 Å². The molecule has 5 aromatic rings. The number of hydrogen-bond acceptors (Lipinski definition) is 8. The fourth-order valence-electron chi connectivity index (χ4n) is 14.8. The Kier molecular flexibility index (Phi) is 47.5. The number of benzene rings is 5. The molecule has 10 heteroatoms. The number of carbonyl (C=O) groups excluding carboxylic acids is 4. The maximum absolute atomic E-state index is 14.7. The molecule has 0 N–H and O–H groups in total. The van der Waals surface area contributed by atoms with Crippen molar-refractivity contribution in [3.05, 3.63) is 67.6 Å². The van der Waals surface area contributed by atoms with Gasteiger partial charge in [0, 0.05) is 41.3 Å². The number of ether oxygens (including phenoxy) is 4. The first kappa shape index (κ1) is 84.9. The molecule has 8 nitrogen and oxygen atoms in total. The summed E-state index contributed by atoms with van der Waals surface area (Å²) < 4.78 is 25.8. The lowest BCUT2D eigenvalue weighted by Gasteiger charge is -2.22. The number of hydrogen-bond donors (Lipinski definition) is 0. The van der Waals surface area contributed by atoms with E-state index in [9.17, 15) is 19.2 Å². The number of halogens is 2. The van der Waals surface area contributed by atoms with Crippen LogP contribution in [0.15, 0.2) is 45.3 Å². The van der Waals surface area contributed by atoms with Crippen LogP contribution in [0.4, 0.5) is 0 Å². The minimum Gasteiger partial charge on any atom is -0.462 e. The highest BCUT2D eigenvalue weighted by Crippen LogP contribution is 2.49. The van der Waals surface area contributed by atoms with Gasteiger partial charge in [-0.1, -0.05) is 406 Å². The lowest BCUT2D eigenvalue weighted by atomic mass is 9.84. The van der Waals surface area contributed by atoms with Gasteiger partial charge in [0.25, 0.3) is 0 Å². The topological polar surface area (TPSA) is 105 Å². The summed E-state index contributed by atoms with van der Waals surface area (Å²) >= 11 is 7.93. The predicted molar refractivity (Wildman–Crippen MR) is 425 cm³/mol. The average molecular weight is 1480 g/mol. The quantitative estimate of drug-likeness (QED) is 0.0125. The van der Waals surface area contributed by atoms with Gasteiger partial charge in [-0.3, -0.25) is 0 Å². The van der Waals surface area contributed by atoms with Gasteiger partial charge in [0.05, 0.1) is 48.7 Å². The smallest absolute Gasteiger partial charge is 0.338 e. The summed E-state index contributed by atoms with van der Waals surface area (Å²) in [7, 11) is 0. The van der Waals surface area contributed by atoms with Crippen LogP contribution < -0.4 is 0 Å². The molecule has 0 aromatic heterocycles. The van der Waals surface area contributed by atoms with Crippen LogP contribution in [0.5, 0.6) is 0 Å². The van der Waals surface area contributed by atoms with E-state index in [0.717, 1.165) is 98.6 Å². The fourth-order valence-corrected chi connectivity index (χ4v) is 16.1. The SMILES string of the molecule is CCCCCCCCCCCCCCCCOC(=O)c1ccc2c3c(Br)cc(C(=O)OCCCCCCCCCCCCCCCC)c4c(C(=O)OCCCCCCCCCCCCCCCC)ccc(c5c(Br)cc(C(=O)OCCCCCCCCCCCCCCCC)c1c25)c43. The second-order valence-electron chi connectivity index (χ2n) is 29.3. The van der Waals surface area contributed by atoms with Crippen LogP contribution in [0.1, 0.15) is 429 Å². The van der Waals surface area contributed by atoms with E-state index in [1.165, 1.54) is 283 Å². The Morgan fingerprint density at radius 3 is 0.592 bits per heavy atom. The molecule has 0 atom stereocenters. The zero-order valence-electron chi connectivity index (χ0n) is 62.9. The molecule has 0 amide bonds. The van der Waals surface area contributed by atoms with Crippen molar-refractivity contribution in [1.29, 1.82) is 0 Å². The highest BCUT2D eigenvalue weighted by Gasteiger charge is 2.30. The van der Waals surface area contributed by atoms with Crippen molar-refractivity contribution in [1.82, 2.24) is 0 Å². The van der Waals surface area contributed by atoms with Crippen LogP contribution in [-0.4, -0.2) is 50.3 Å². The molecule has 0 unspecified atom stereocenters. The van der Waals surface area contributed by atoms with Gasteiger partial charge in [-0.05, 0) is 60.7 Å². The second kappa shape index (κ2) is 54.9. The molecule has 0 saturated heterocycles. The first-order valence-corrected chi connectivity index (χ1v) is 43.1. The molecule has 0 spiro atoms. The van der Waals surface area contributed by atoms with Crippen molar-refractivity contribution in [3.63, 3.8) is 0 Å². The summed E-state index contributed by atoms with van der Waals surface area (Å²) in [6.07, 6.45) is 69.3. The van der Waals surface area contributed by atoms with Crippen LogP contribution in [0, 0.1) is 0 Å². The molecule has 0 heterocycles. The van der Waals surface area contributed by atoms with Gasteiger partial charge in [-0.2, -0.15) is 0 Å². The molecule has 98 heavy (non-hydrogen) atoms. The number of carbonyl (C=O) groups is 4. The molecule has 0 aliphatic carbocycles. The van der Waals surface area contributed by atoms with Crippen LogP contribution in [0.25, 0.3) is 43.1 Å². The molecule has 0 aliphatic rings. The van der Waals surface area contributed by atoms with Gasteiger partial charge in [0.2, 0.25) is 0 Å². The molecule has 0 aliphatic heterocycles. The first-order chi connectivity index (χ1) is 48.2. The van der Waals surface area contributed by atoms with E-state index in [1.807, 2.05) is 12.1 Å². The Bertz CT molecular complexity index is 2730. The van der Waals surface area contributed by atoms with Crippen molar-refractivity contribution >= 4 is 98.8 Å². The molecule has 0 saturated carbocycles. The third kappa shape index (κ3) is 32.3. The van der Waals surface area contributed by atoms with Gasteiger partial charge in [-0.15, -0.1) is 0 Å². The molecular weight excluding hydrogens is 1340 g/mol. The summed E-state index contributed by atoms with van der Waals surface area (Å²) in [5, 5.41) is 5.34. The maximum Gasteiger partial charge on any atom is 0.338 e. The molecular formula is C88H138Br2O8. The van der Waals surface area contributed by atoms with Crippen molar-refractivity contribution < 1.29 is 38.1 Å². The van der Waals surface area contributed by atoms with Crippen molar-refractivity contribution in [2.45, 2.75) is 387 Å². The first-order valence-electron chi connectivity index (χ1n) is 41.5. The zero-order chi connectivity index (χ0) is 69.9. The number of rotatable bonds is 64. The van der Waals surface area contributed by atoms with Gasteiger partial charge in [0.15, 0.2) is 0 Å². The van der Waals surface area contributed by atoms with Crippen LogP contribution in [0.2, 0.25) is 0 Å². The van der Waals surface area contributed by atoms with Gasteiger partial charge < -0.3 is 18.9 Å². The van der Waals surface area contributed by atoms with Crippen LogP contribution >= 0.6 is 31.9 Å². The number of fused-ring (bicyclic) bond motifs is 2. The molecule has 5 aromatic carbocycles. The summed E-state index contributed by atoms with van der Waals surface area (Å²) in [4.78, 5) is 58.6. The van der Waals surface area contributed by atoms with Gasteiger partial charge >= 0.3 is 23.9 Å². The summed E-state index contributed by atoms with van der Waals surface area (Å²) in [6, 6.07) is 11.0.